The number of hydrogen-bond acceptors (Lipinski definition) is 6. The summed E-state index contributed by atoms with van der Waals surface area (Å²) in [6.45, 7) is 4.16. The van der Waals surface area contributed by atoms with E-state index < -0.39 is 0 Å². The highest BCUT2D eigenvalue weighted by atomic mass is 16.4. The number of nitrogens with one attached hydrogen (secondary N) is 2. The molecule has 0 radical (unpaired) electrons. The summed E-state index contributed by atoms with van der Waals surface area (Å²) in [5.74, 6) is 0.581. The van der Waals surface area contributed by atoms with E-state index in [1.54, 1.807) is 12.3 Å². The van der Waals surface area contributed by atoms with E-state index in [1.165, 1.54) is 0 Å². The second-order valence-electron chi connectivity index (χ2n) is 6.43. The van der Waals surface area contributed by atoms with Crippen LogP contribution < -0.4 is 5.32 Å². The Bertz CT molecular complexity index is 1090. The lowest BCUT2D eigenvalue weighted by atomic mass is 10.1. The molecule has 2 N–H and O–H groups in total. The molecule has 0 saturated carbocycles. The third-order valence-electron chi connectivity index (χ3n) is 4.20. The van der Waals surface area contributed by atoms with Crippen LogP contribution in [0.3, 0.4) is 0 Å². The molecule has 8 nitrogen and oxygen atoms in total. The van der Waals surface area contributed by atoms with Gasteiger partial charge in [-0.15, -0.1) is 10.2 Å². The topological polar surface area (TPSA) is 110 Å². The molecule has 0 aliphatic rings. The molecule has 0 saturated heterocycles. The number of rotatable bonds is 5. The summed E-state index contributed by atoms with van der Waals surface area (Å²) in [5, 5.41) is 19.6. The molecular formula is C19H18N6O2. The zero-order valence-electron chi connectivity index (χ0n) is 14.9. The predicted molar refractivity (Wildman–Crippen MR) is 98.9 cm³/mol. The maximum absolute atomic E-state index is 12.2. The molecule has 8 heteroatoms. The van der Waals surface area contributed by atoms with Crippen molar-refractivity contribution in [3.8, 4) is 11.6 Å². The summed E-state index contributed by atoms with van der Waals surface area (Å²) >= 11 is 0. The van der Waals surface area contributed by atoms with E-state index in [9.17, 15) is 4.79 Å². The first-order valence-corrected chi connectivity index (χ1v) is 8.62. The fourth-order valence-corrected chi connectivity index (χ4v) is 2.71. The molecule has 0 aliphatic heterocycles. The van der Waals surface area contributed by atoms with Crippen molar-refractivity contribution in [1.82, 2.24) is 30.7 Å². The summed E-state index contributed by atoms with van der Waals surface area (Å²) in [6, 6.07) is 11.5. The fraction of sp³-hybridized carbons (Fsp3) is 0.211. The third kappa shape index (κ3) is 3.41. The van der Waals surface area contributed by atoms with Crippen LogP contribution >= 0.6 is 0 Å². The van der Waals surface area contributed by atoms with Gasteiger partial charge in [0, 0.05) is 17.3 Å². The Balaban J connectivity index is 1.49. The van der Waals surface area contributed by atoms with Crippen LogP contribution in [0.2, 0.25) is 0 Å². The zero-order chi connectivity index (χ0) is 18.8. The predicted octanol–water partition coefficient (Wildman–Crippen LogP) is 3.06. The second kappa shape index (κ2) is 6.99. The molecule has 136 valence electrons. The molecule has 1 amide bonds. The SMILES string of the molecule is CC(C)c1cc(C(=O)NCc2nnc(-c3nccc4ccccc34)o2)n[nH]1. The van der Waals surface area contributed by atoms with Crippen molar-refractivity contribution >= 4 is 16.7 Å². The Hall–Kier alpha value is -3.55. The lowest BCUT2D eigenvalue weighted by Crippen LogP contribution is -2.23. The van der Waals surface area contributed by atoms with E-state index in [2.05, 4.69) is 30.7 Å². The van der Waals surface area contributed by atoms with Gasteiger partial charge in [0.05, 0.1) is 6.54 Å². The number of carbonyl (C=O) groups is 1. The summed E-state index contributed by atoms with van der Waals surface area (Å²) in [6.07, 6.45) is 1.70. The van der Waals surface area contributed by atoms with Crippen molar-refractivity contribution < 1.29 is 9.21 Å². The lowest BCUT2D eigenvalue weighted by molar-refractivity contribution is 0.0942. The Kier molecular flexibility index (Phi) is 4.37. The number of carbonyl (C=O) groups excluding carboxylic acids is 1. The molecule has 4 rings (SSSR count). The van der Waals surface area contributed by atoms with Crippen molar-refractivity contribution in [3.63, 3.8) is 0 Å². The zero-order valence-corrected chi connectivity index (χ0v) is 14.9. The molecule has 0 fully saturated rings. The Morgan fingerprint density at radius 2 is 2.07 bits per heavy atom. The van der Waals surface area contributed by atoms with Crippen molar-refractivity contribution in [2.45, 2.75) is 26.3 Å². The van der Waals surface area contributed by atoms with E-state index in [0.717, 1.165) is 16.5 Å². The van der Waals surface area contributed by atoms with E-state index in [0.29, 0.717) is 23.2 Å². The van der Waals surface area contributed by atoms with Gasteiger partial charge in [-0.05, 0) is 23.4 Å². The Labute approximate surface area is 155 Å². The summed E-state index contributed by atoms with van der Waals surface area (Å²) in [7, 11) is 0. The number of nitrogens with zero attached hydrogens (tertiary/aromatic N) is 4. The maximum Gasteiger partial charge on any atom is 0.272 e. The van der Waals surface area contributed by atoms with E-state index in [4.69, 9.17) is 4.42 Å². The molecule has 0 aliphatic carbocycles. The number of amides is 1. The smallest absolute Gasteiger partial charge is 0.272 e. The van der Waals surface area contributed by atoms with Crippen molar-refractivity contribution in [2.24, 2.45) is 0 Å². The molecule has 0 unspecified atom stereocenters. The van der Waals surface area contributed by atoms with Crippen LogP contribution in [-0.2, 0) is 6.54 Å². The first-order chi connectivity index (χ1) is 13.1. The van der Waals surface area contributed by atoms with Crippen LogP contribution in [-0.4, -0.2) is 31.3 Å². The third-order valence-corrected chi connectivity index (χ3v) is 4.20. The summed E-state index contributed by atoms with van der Waals surface area (Å²) in [5.41, 5.74) is 1.85. The van der Waals surface area contributed by atoms with Gasteiger partial charge in [-0.25, -0.2) is 0 Å². The van der Waals surface area contributed by atoms with Gasteiger partial charge >= 0.3 is 0 Å². The minimum Gasteiger partial charge on any atom is -0.417 e. The van der Waals surface area contributed by atoms with Gasteiger partial charge in [-0.1, -0.05) is 38.1 Å². The number of aromatic nitrogens is 5. The number of H-pyrrole nitrogens is 1. The molecule has 27 heavy (non-hydrogen) atoms. The Morgan fingerprint density at radius 1 is 1.22 bits per heavy atom. The van der Waals surface area contributed by atoms with Crippen LogP contribution in [0.15, 0.2) is 47.0 Å². The molecule has 0 spiro atoms. The van der Waals surface area contributed by atoms with Gasteiger partial charge in [-0.2, -0.15) is 5.10 Å². The number of hydrogen-bond donors (Lipinski definition) is 2. The average molecular weight is 362 g/mol. The largest absolute Gasteiger partial charge is 0.417 e. The first kappa shape index (κ1) is 16.9. The van der Waals surface area contributed by atoms with Gasteiger partial charge in [0.2, 0.25) is 5.89 Å². The van der Waals surface area contributed by atoms with E-state index >= 15 is 0 Å². The molecule has 0 atom stereocenters. The number of pyridine rings is 1. The number of aromatic amines is 1. The van der Waals surface area contributed by atoms with Crippen molar-refractivity contribution in [1.29, 1.82) is 0 Å². The summed E-state index contributed by atoms with van der Waals surface area (Å²) in [4.78, 5) is 16.6. The van der Waals surface area contributed by atoms with Gasteiger partial charge in [0.15, 0.2) is 0 Å². The highest BCUT2D eigenvalue weighted by molar-refractivity contribution is 5.93. The number of fused-ring (bicyclic) bond motifs is 1. The molecule has 3 heterocycles. The van der Waals surface area contributed by atoms with Crippen LogP contribution in [0.5, 0.6) is 0 Å². The normalized spacial score (nSPS) is 11.2. The first-order valence-electron chi connectivity index (χ1n) is 8.62. The molecule has 3 aromatic heterocycles. The fourth-order valence-electron chi connectivity index (χ4n) is 2.71. The highest BCUT2D eigenvalue weighted by Crippen LogP contribution is 2.25. The van der Waals surface area contributed by atoms with Gasteiger partial charge in [-0.3, -0.25) is 14.9 Å². The molecular weight excluding hydrogens is 344 g/mol. The minimum absolute atomic E-state index is 0.112. The van der Waals surface area contributed by atoms with Crippen LogP contribution in [0.1, 0.15) is 41.8 Å². The molecule has 4 aromatic rings. The van der Waals surface area contributed by atoms with E-state index in [1.807, 2.05) is 44.2 Å². The van der Waals surface area contributed by atoms with E-state index in [-0.39, 0.29) is 18.4 Å². The standard InChI is InChI=1S/C19H18N6O2/c1-11(2)14-9-15(23-22-14)18(26)21-10-16-24-25-19(27-16)17-13-6-4-3-5-12(13)7-8-20-17/h3-9,11H,10H2,1-2H3,(H,21,26)(H,22,23). The summed E-state index contributed by atoms with van der Waals surface area (Å²) < 4.78 is 5.68. The highest BCUT2D eigenvalue weighted by Gasteiger charge is 2.15. The molecule has 0 bridgehead atoms. The minimum atomic E-state index is -0.304. The van der Waals surface area contributed by atoms with Crippen LogP contribution in [0.4, 0.5) is 0 Å². The maximum atomic E-state index is 12.2. The lowest BCUT2D eigenvalue weighted by Gasteiger charge is -2.01. The van der Waals surface area contributed by atoms with Gasteiger partial charge in [0.1, 0.15) is 11.4 Å². The monoisotopic (exact) mass is 362 g/mol. The quantitative estimate of drug-likeness (QED) is 0.565. The van der Waals surface area contributed by atoms with Gasteiger partial charge < -0.3 is 9.73 Å². The Morgan fingerprint density at radius 3 is 2.89 bits per heavy atom. The van der Waals surface area contributed by atoms with Crippen molar-refractivity contribution in [2.75, 3.05) is 0 Å². The second-order valence-corrected chi connectivity index (χ2v) is 6.43. The van der Waals surface area contributed by atoms with Crippen LogP contribution in [0, 0.1) is 0 Å². The van der Waals surface area contributed by atoms with Crippen molar-refractivity contribution in [3.05, 3.63) is 59.9 Å². The number of benzene rings is 1. The average Bonchev–Trinajstić information content (AvgIpc) is 3.35. The molecule has 1 aromatic carbocycles. The van der Waals surface area contributed by atoms with Gasteiger partial charge in [0.25, 0.3) is 11.8 Å². The van der Waals surface area contributed by atoms with Crippen LogP contribution in [0.25, 0.3) is 22.4 Å².